The van der Waals surface area contributed by atoms with Gasteiger partial charge in [-0.3, -0.25) is 19.9 Å². The van der Waals surface area contributed by atoms with Crippen LogP contribution in [0.2, 0.25) is 10.2 Å². The van der Waals surface area contributed by atoms with Crippen LogP contribution in [0.15, 0.2) is 48.9 Å². The van der Waals surface area contributed by atoms with Crippen molar-refractivity contribution in [2.24, 2.45) is 5.92 Å². The fourth-order valence-corrected chi connectivity index (χ4v) is 5.98. The Morgan fingerprint density at radius 3 is 2.70 bits per heavy atom. The van der Waals surface area contributed by atoms with E-state index < -0.39 is 12.6 Å². The molecule has 15 heteroatoms. The number of halogens is 4. The largest absolute Gasteiger partial charge is 0.333 e. The molecule has 11 nitrogen and oxygen atoms in total. The zero-order chi connectivity index (χ0) is 30.2. The number of nitrogens with one attached hydrogen (secondary N) is 2. The number of pyridine rings is 1. The lowest BCUT2D eigenvalue weighted by atomic mass is 9.94. The third kappa shape index (κ3) is 5.84. The smallest absolute Gasteiger partial charge is 0.323 e. The van der Waals surface area contributed by atoms with Crippen LogP contribution in [0.1, 0.15) is 62.5 Å². The molecule has 3 aromatic heterocycles. The first-order chi connectivity index (χ1) is 20.7. The molecule has 2 aliphatic heterocycles. The highest BCUT2D eigenvalue weighted by atomic mass is 35.5. The molecule has 5 heterocycles. The molecule has 0 spiro atoms. The summed E-state index contributed by atoms with van der Waals surface area (Å²) in [6.45, 7) is -0.943. The van der Waals surface area contributed by atoms with Crippen LogP contribution in [-0.2, 0) is 9.59 Å². The van der Waals surface area contributed by atoms with E-state index in [1.807, 2.05) is 0 Å². The first-order valence-corrected chi connectivity index (χ1v) is 14.5. The Hall–Kier alpha value is -3.94. The van der Waals surface area contributed by atoms with E-state index >= 15 is 0 Å². The van der Waals surface area contributed by atoms with Gasteiger partial charge in [-0.25, -0.2) is 9.36 Å². The first-order valence-electron chi connectivity index (χ1n) is 13.7. The molecule has 0 radical (unpaired) electrons. The summed E-state index contributed by atoms with van der Waals surface area (Å²) in [6.07, 6.45) is 6.12. The van der Waals surface area contributed by atoms with Gasteiger partial charge < -0.3 is 10.2 Å². The van der Waals surface area contributed by atoms with E-state index in [9.17, 15) is 18.4 Å². The minimum Gasteiger partial charge on any atom is -0.323 e. The summed E-state index contributed by atoms with van der Waals surface area (Å²) >= 11 is 12.3. The summed E-state index contributed by atoms with van der Waals surface area (Å²) in [7, 11) is 0. The van der Waals surface area contributed by atoms with E-state index in [0.717, 1.165) is 5.56 Å². The van der Waals surface area contributed by atoms with Gasteiger partial charge in [-0.15, -0.1) is 5.10 Å². The maximum Gasteiger partial charge on any atom is 0.333 e. The molecule has 6 rings (SSSR count). The predicted molar refractivity (Wildman–Crippen MR) is 155 cm³/mol. The molecule has 1 unspecified atom stereocenters. The molecule has 2 aliphatic rings. The van der Waals surface area contributed by atoms with Crippen LogP contribution in [0.3, 0.4) is 0 Å². The SMILES string of the molecule is C[C@@H]1CCC[C@H](N2CNC(c3cc(Cl)ccc3-n3cc(Cl)nn3)CC2=O)c2cc(ccn2)-c2c(cnn2C(F)F)NC1=O. The average Bonchev–Trinajstić information content (AvgIpc) is 3.61. The number of aromatic nitrogens is 6. The van der Waals surface area contributed by atoms with Crippen molar-refractivity contribution >= 4 is 40.7 Å². The summed E-state index contributed by atoms with van der Waals surface area (Å²) in [5.41, 5.74) is 2.66. The number of amides is 2. The summed E-state index contributed by atoms with van der Waals surface area (Å²) < 4.78 is 30.0. The van der Waals surface area contributed by atoms with Crippen LogP contribution >= 0.6 is 23.2 Å². The van der Waals surface area contributed by atoms with E-state index in [2.05, 4.69) is 31.0 Å². The molecule has 1 fully saturated rings. The number of benzene rings is 1. The minimum absolute atomic E-state index is 0.0726. The lowest BCUT2D eigenvalue weighted by molar-refractivity contribution is -0.138. The normalized spacial score (nSPS) is 21.3. The number of alkyl halides is 2. The van der Waals surface area contributed by atoms with E-state index in [4.69, 9.17) is 23.2 Å². The molecule has 3 atom stereocenters. The molecule has 0 aliphatic carbocycles. The quantitative estimate of drug-likeness (QED) is 0.303. The Morgan fingerprint density at radius 2 is 1.95 bits per heavy atom. The van der Waals surface area contributed by atoms with Crippen LogP contribution in [0, 0.1) is 5.92 Å². The number of hydrogen-bond donors (Lipinski definition) is 2. The number of carbonyl (C=O) groups excluding carboxylic acids is 2. The Kier molecular flexibility index (Phi) is 8.12. The van der Waals surface area contributed by atoms with Crippen LogP contribution in [0.5, 0.6) is 0 Å². The molecule has 1 saturated heterocycles. The van der Waals surface area contributed by atoms with Crippen molar-refractivity contribution in [2.75, 3.05) is 12.0 Å². The summed E-state index contributed by atoms with van der Waals surface area (Å²) in [5.74, 6) is -0.800. The highest BCUT2D eigenvalue weighted by Gasteiger charge is 2.35. The van der Waals surface area contributed by atoms with Gasteiger partial charge in [0.2, 0.25) is 11.8 Å². The molecule has 43 heavy (non-hydrogen) atoms. The van der Waals surface area contributed by atoms with Crippen molar-refractivity contribution in [3.8, 4) is 16.9 Å². The van der Waals surface area contributed by atoms with Gasteiger partial charge in [0, 0.05) is 35.2 Å². The number of fused-ring (bicyclic) bond motifs is 4. The van der Waals surface area contributed by atoms with Gasteiger partial charge in [0.15, 0.2) is 5.15 Å². The molecule has 224 valence electrons. The van der Waals surface area contributed by atoms with Gasteiger partial charge >= 0.3 is 6.55 Å². The van der Waals surface area contributed by atoms with Crippen molar-refractivity contribution in [3.63, 3.8) is 0 Å². The van der Waals surface area contributed by atoms with Crippen LogP contribution < -0.4 is 10.6 Å². The van der Waals surface area contributed by atoms with Gasteiger partial charge in [0.05, 0.1) is 47.9 Å². The van der Waals surface area contributed by atoms with Gasteiger partial charge in [-0.2, -0.15) is 13.9 Å². The lowest BCUT2D eigenvalue weighted by Crippen LogP contribution is -2.49. The van der Waals surface area contributed by atoms with E-state index in [1.54, 1.807) is 48.4 Å². The maximum atomic E-state index is 13.9. The fourth-order valence-electron chi connectivity index (χ4n) is 5.67. The van der Waals surface area contributed by atoms with E-state index in [-0.39, 0.29) is 53.4 Å². The number of anilines is 1. The highest BCUT2D eigenvalue weighted by Crippen LogP contribution is 2.37. The third-order valence-corrected chi connectivity index (χ3v) is 8.27. The van der Waals surface area contributed by atoms with Gasteiger partial charge in [-0.05, 0) is 48.7 Å². The third-order valence-electron chi connectivity index (χ3n) is 7.86. The Morgan fingerprint density at radius 1 is 1.12 bits per heavy atom. The topological polar surface area (TPSA) is 123 Å². The Bertz CT molecular complexity index is 1680. The molecule has 2 amide bonds. The fraction of sp³-hybridized carbons (Fsp3) is 0.357. The van der Waals surface area contributed by atoms with Crippen molar-refractivity contribution < 1.29 is 18.4 Å². The van der Waals surface area contributed by atoms with Crippen molar-refractivity contribution in [1.82, 2.24) is 40.0 Å². The number of rotatable bonds is 4. The second kappa shape index (κ2) is 12.0. The van der Waals surface area contributed by atoms with Crippen LogP contribution in [0.4, 0.5) is 14.5 Å². The molecule has 2 N–H and O–H groups in total. The van der Waals surface area contributed by atoms with Crippen molar-refractivity contribution in [3.05, 3.63) is 70.4 Å². The average molecular weight is 630 g/mol. The number of hydrogen-bond acceptors (Lipinski definition) is 7. The molecule has 0 saturated carbocycles. The zero-order valence-electron chi connectivity index (χ0n) is 22.9. The second-order valence-corrected chi connectivity index (χ2v) is 11.4. The lowest BCUT2D eigenvalue weighted by Gasteiger charge is -2.39. The van der Waals surface area contributed by atoms with Crippen molar-refractivity contribution in [1.29, 1.82) is 0 Å². The van der Waals surface area contributed by atoms with Gasteiger partial charge in [0.25, 0.3) is 0 Å². The van der Waals surface area contributed by atoms with Crippen LogP contribution in [-0.4, -0.2) is 53.1 Å². The summed E-state index contributed by atoms with van der Waals surface area (Å²) in [4.78, 5) is 33.0. The second-order valence-electron chi connectivity index (χ2n) is 10.6. The molecule has 4 aromatic rings. The Labute approximate surface area is 255 Å². The molecule has 2 bridgehead atoms. The predicted octanol–water partition coefficient (Wildman–Crippen LogP) is 5.55. The number of nitrogens with zero attached hydrogens (tertiary/aromatic N) is 7. The van der Waals surface area contributed by atoms with Gasteiger partial charge in [0.1, 0.15) is 0 Å². The molecular formula is C28H27Cl2F2N9O2. The standard InChI is InChI=1S/C28H27Cl2F2N9O2/c1-15-3-2-4-23(20-9-16(7-8-33-20)26-21(36-27(15)43)12-35-41(26)28(31)32)39-14-34-19(11-25(39)42)18-10-17(29)5-6-22(18)40-13-24(30)37-38-40/h5-10,12-13,15,19,23,28,34H,2-4,11,14H2,1H3,(H,36,43)/t15-,19?,23+/m1/s1. The van der Waals surface area contributed by atoms with Crippen LogP contribution in [0.25, 0.3) is 16.9 Å². The highest BCUT2D eigenvalue weighted by molar-refractivity contribution is 6.30. The maximum absolute atomic E-state index is 13.9. The van der Waals surface area contributed by atoms with Crippen molar-refractivity contribution in [2.45, 2.75) is 51.2 Å². The summed E-state index contributed by atoms with van der Waals surface area (Å²) in [5, 5.41) is 18.7. The Balaban J connectivity index is 1.33. The minimum atomic E-state index is -2.92. The molecular weight excluding hydrogens is 603 g/mol. The number of carbonyl (C=O) groups is 2. The zero-order valence-corrected chi connectivity index (χ0v) is 24.4. The summed E-state index contributed by atoms with van der Waals surface area (Å²) in [6, 6.07) is 7.73. The monoisotopic (exact) mass is 629 g/mol. The van der Waals surface area contributed by atoms with E-state index in [1.165, 1.54) is 17.1 Å². The molecule has 1 aromatic carbocycles. The van der Waals surface area contributed by atoms with Gasteiger partial charge in [-0.1, -0.05) is 41.8 Å². The first kappa shape index (κ1) is 29.1. The van der Waals surface area contributed by atoms with E-state index in [0.29, 0.717) is 45.9 Å².